The fourth-order valence-corrected chi connectivity index (χ4v) is 1.70. The van der Waals surface area contributed by atoms with Crippen molar-refractivity contribution in [2.75, 3.05) is 0 Å². The first-order valence-electron chi connectivity index (χ1n) is 5.22. The van der Waals surface area contributed by atoms with Crippen LogP contribution in [0.2, 0.25) is 0 Å². The van der Waals surface area contributed by atoms with E-state index in [2.05, 4.69) is 45.9 Å². The molecule has 72 valence electrons. The highest BCUT2D eigenvalue weighted by Gasteiger charge is 2.00. The van der Waals surface area contributed by atoms with Crippen molar-refractivity contribution in [3.8, 4) is 0 Å². The molecule has 0 spiro atoms. The molecule has 0 radical (unpaired) electrons. The van der Waals surface area contributed by atoms with Crippen LogP contribution in [0.25, 0.3) is 0 Å². The van der Waals surface area contributed by atoms with Crippen LogP contribution in [0.5, 0.6) is 0 Å². The van der Waals surface area contributed by atoms with E-state index in [9.17, 15) is 0 Å². The quantitative estimate of drug-likeness (QED) is 0.658. The van der Waals surface area contributed by atoms with Crippen LogP contribution in [0.15, 0.2) is 18.2 Å². The molecule has 0 unspecified atom stereocenters. The number of hydrogen-bond acceptors (Lipinski definition) is 0. The Morgan fingerprint density at radius 3 is 2.46 bits per heavy atom. The fraction of sp³-hybridized carbons (Fsp3) is 0.538. The third-order valence-corrected chi connectivity index (χ3v) is 2.44. The molecule has 0 aliphatic heterocycles. The van der Waals surface area contributed by atoms with E-state index in [1.807, 2.05) is 0 Å². The molecule has 1 aromatic carbocycles. The van der Waals surface area contributed by atoms with Crippen LogP contribution in [-0.4, -0.2) is 0 Å². The Hall–Kier alpha value is -0.780. The molecule has 0 amide bonds. The van der Waals surface area contributed by atoms with Crippen molar-refractivity contribution in [3.05, 3.63) is 34.9 Å². The molecule has 1 rings (SSSR count). The summed E-state index contributed by atoms with van der Waals surface area (Å²) in [6, 6.07) is 6.86. The van der Waals surface area contributed by atoms with E-state index in [1.165, 1.54) is 23.1 Å². The Morgan fingerprint density at radius 2 is 1.92 bits per heavy atom. The Kier molecular flexibility index (Phi) is 3.53. The predicted molar refractivity (Wildman–Crippen MR) is 59.1 cm³/mol. The minimum absolute atomic E-state index is 0.757. The third-order valence-electron chi connectivity index (χ3n) is 2.44. The number of rotatable bonds is 3. The Morgan fingerprint density at radius 1 is 1.23 bits per heavy atom. The molecule has 0 heterocycles. The molecule has 0 N–H and O–H groups in total. The van der Waals surface area contributed by atoms with Crippen LogP contribution in [0, 0.1) is 12.8 Å². The van der Waals surface area contributed by atoms with Gasteiger partial charge in [0.15, 0.2) is 0 Å². The van der Waals surface area contributed by atoms with Crippen molar-refractivity contribution >= 4 is 0 Å². The van der Waals surface area contributed by atoms with Gasteiger partial charge in [0.05, 0.1) is 0 Å². The zero-order chi connectivity index (χ0) is 9.84. The van der Waals surface area contributed by atoms with E-state index in [1.54, 1.807) is 0 Å². The van der Waals surface area contributed by atoms with E-state index in [-0.39, 0.29) is 0 Å². The molecule has 0 aromatic heterocycles. The minimum atomic E-state index is 0.757. The Bertz CT molecular complexity index is 271. The van der Waals surface area contributed by atoms with Gasteiger partial charge in [-0.3, -0.25) is 0 Å². The summed E-state index contributed by atoms with van der Waals surface area (Å²) in [6.07, 6.45) is 2.35. The zero-order valence-corrected chi connectivity index (χ0v) is 9.22. The van der Waals surface area contributed by atoms with Gasteiger partial charge in [-0.2, -0.15) is 0 Å². The van der Waals surface area contributed by atoms with Crippen LogP contribution in [0.1, 0.15) is 37.5 Å². The first-order valence-corrected chi connectivity index (χ1v) is 5.22. The van der Waals surface area contributed by atoms with Crippen molar-refractivity contribution in [1.82, 2.24) is 0 Å². The second-order valence-corrected chi connectivity index (χ2v) is 4.21. The topological polar surface area (TPSA) is 0 Å². The number of aryl methyl sites for hydroxylation is 2. The van der Waals surface area contributed by atoms with Gasteiger partial charge in [-0.15, -0.1) is 0 Å². The summed E-state index contributed by atoms with van der Waals surface area (Å²) in [5.74, 6) is 0.757. The van der Waals surface area contributed by atoms with Crippen molar-refractivity contribution in [1.29, 1.82) is 0 Å². The monoisotopic (exact) mass is 176 g/mol. The Labute approximate surface area is 82.0 Å². The van der Waals surface area contributed by atoms with E-state index in [4.69, 9.17) is 0 Å². The Balaban J connectivity index is 2.86. The maximum absolute atomic E-state index is 2.36. The summed E-state index contributed by atoms with van der Waals surface area (Å²) in [6.45, 7) is 8.95. The molecule has 0 aliphatic rings. The van der Waals surface area contributed by atoms with Crippen molar-refractivity contribution in [2.45, 2.75) is 40.5 Å². The summed E-state index contributed by atoms with van der Waals surface area (Å²) in [4.78, 5) is 0. The molecule has 0 aliphatic carbocycles. The normalized spacial score (nSPS) is 10.8. The summed E-state index contributed by atoms with van der Waals surface area (Å²) >= 11 is 0. The SMILES string of the molecule is CCc1cc(CC(C)C)ccc1C. The molecule has 0 heteroatoms. The fourth-order valence-electron chi connectivity index (χ4n) is 1.70. The van der Waals surface area contributed by atoms with Gasteiger partial charge in [0.25, 0.3) is 0 Å². The van der Waals surface area contributed by atoms with Crippen LogP contribution in [0.4, 0.5) is 0 Å². The zero-order valence-electron chi connectivity index (χ0n) is 9.22. The van der Waals surface area contributed by atoms with Gasteiger partial charge in [0.1, 0.15) is 0 Å². The van der Waals surface area contributed by atoms with Crippen LogP contribution >= 0.6 is 0 Å². The molecule has 0 atom stereocenters. The lowest BCUT2D eigenvalue weighted by molar-refractivity contribution is 0.646. The maximum atomic E-state index is 2.36. The highest BCUT2D eigenvalue weighted by atomic mass is 14.1. The minimum Gasteiger partial charge on any atom is -0.0625 e. The second kappa shape index (κ2) is 4.45. The standard InChI is InChI=1S/C13H20/c1-5-13-9-12(8-10(2)3)7-6-11(13)4/h6-7,9-10H,5,8H2,1-4H3. The van der Waals surface area contributed by atoms with Gasteiger partial charge in [0, 0.05) is 0 Å². The van der Waals surface area contributed by atoms with Crippen molar-refractivity contribution < 1.29 is 0 Å². The molecule has 0 saturated carbocycles. The highest BCUT2D eigenvalue weighted by Crippen LogP contribution is 2.14. The van der Waals surface area contributed by atoms with E-state index in [0.29, 0.717) is 0 Å². The largest absolute Gasteiger partial charge is 0.0625 e. The van der Waals surface area contributed by atoms with Gasteiger partial charge in [-0.1, -0.05) is 39.0 Å². The van der Waals surface area contributed by atoms with E-state index in [0.717, 1.165) is 12.3 Å². The molecule has 0 bridgehead atoms. The van der Waals surface area contributed by atoms with E-state index >= 15 is 0 Å². The molecule has 0 fully saturated rings. The second-order valence-electron chi connectivity index (χ2n) is 4.21. The lowest BCUT2D eigenvalue weighted by Gasteiger charge is -2.08. The van der Waals surface area contributed by atoms with Crippen LogP contribution in [-0.2, 0) is 12.8 Å². The van der Waals surface area contributed by atoms with Crippen LogP contribution < -0.4 is 0 Å². The van der Waals surface area contributed by atoms with Gasteiger partial charge < -0.3 is 0 Å². The first-order chi connectivity index (χ1) is 6.13. The maximum Gasteiger partial charge on any atom is -0.0256 e. The van der Waals surface area contributed by atoms with Gasteiger partial charge in [-0.25, -0.2) is 0 Å². The van der Waals surface area contributed by atoms with Crippen molar-refractivity contribution in [3.63, 3.8) is 0 Å². The average molecular weight is 176 g/mol. The summed E-state index contributed by atoms with van der Waals surface area (Å²) in [5.41, 5.74) is 4.41. The molecule has 0 nitrogen and oxygen atoms in total. The summed E-state index contributed by atoms with van der Waals surface area (Å²) < 4.78 is 0. The highest BCUT2D eigenvalue weighted by molar-refractivity contribution is 5.31. The molecular weight excluding hydrogens is 156 g/mol. The molecule has 1 aromatic rings. The summed E-state index contributed by atoms with van der Waals surface area (Å²) in [5, 5.41) is 0. The third kappa shape index (κ3) is 2.87. The van der Waals surface area contributed by atoms with Gasteiger partial charge >= 0.3 is 0 Å². The lowest BCUT2D eigenvalue weighted by atomic mass is 9.97. The lowest BCUT2D eigenvalue weighted by Crippen LogP contribution is -1.96. The van der Waals surface area contributed by atoms with Gasteiger partial charge in [0.2, 0.25) is 0 Å². The summed E-state index contributed by atoms with van der Waals surface area (Å²) in [7, 11) is 0. The van der Waals surface area contributed by atoms with Crippen LogP contribution in [0.3, 0.4) is 0 Å². The predicted octanol–water partition coefficient (Wildman–Crippen LogP) is 3.76. The number of benzene rings is 1. The average Bonchev–Trinajstić information content (AvgIpc) is 2.07. The number of hydrogen-bond donors (Lipinski definition) is 0. The molecule has 13 heavy (non-hydrogen) atoms. The molecule has 0 saturated heterocycles. The van der Waals surface area contributed by atoms with Gasteiger partial charge in [-0.05, 0) is 42.4 Å². The van der Waals surface area contributed by atoms with Crippen molar-refractivity contribution in [2.24, 2.45) is 5.92 Å². The molecular formula is C13H20. The first kappa shape index (κ1) is 10.3. The smallest absolute Gasteiger partial charge is 0.0256 e. The van der Waals surface area contributed by atoms with E-state index < -0.39 is 0 Å².